The van der Waals surface area contributed by atoms with Crippen molar-refractivity contribution in [3.63, 3.8) is 0 Å². The molecule has 1 amide bonds. The van der Waals surface area contributed by atoms with Crippen molar-refractivity contribution in [3.05, 3.63) is 23.0 Å². The average Bonchev–Trinajstić information content (AvgIpc) is 2.70. The molecule has 0 aromatic carbocycles. The van der Waals surface area contributed by atoms with Crippen LogP contribution in [0, 0.1) is 12.8 Å². The number of halogens is 1. The van der Waals surface area contributed by atoms with Crippen molar-refractivity contribution in [1.82, 2.24) is 4.98 Å². The van der Waals surface area contributed by atoms with Gasteiger partial charge in [0.25, 0.3) is 0 Å². The third-order valence-corrected chi connectivity index (χ3v) is 3.25. The highest BCUT2D eigenvalue weighted by molar-refractivity contribution is 6.30. The zero-order chi connectivity index (χ0) is 12.4. The summed E-state index contributed by atoms with van der Waals surface area (Å²) in [6, 6.07) is 1.81. The molecule has 2 heterocycles. The molecule has 2 rings (SSSR count). The minimum atomic E-state index is -0.0685. The van der Waals surface area contributed by atoms with E-state index >= 15 is 0 Å². The van der Waals surface area contributed by atoms with Crippen molar-refractivity contribution >= 4 is 23.2 Å². The van der Waals surface area contributed by atoms with Crippen molar-refractivity contribution in [2.24, 2.45) is 5.92 Å². The van der Waals surface area contributed by atoms with Crippen LogP contribution < -0.4 is 5.32 Å². The first kappa shape index (κ1) is 12.3. The second kappa shape index (κ2) is 5.02. The zero-order valence-corrected chi connectivity index (χ0v) is 10.6. The largest absolute Gasteiger partial charge is 0.378 e. The summed E-state index contributed by atoms with van der Waals surface area (Å²) in [5.74, 6) is -0.0844. The Balaban J connectivity index is 2.00. The minimum Gasteiger partial charge on any atom is -0.378 e. The highest BCUT2D eigenvalue weighted by Gasteiger charge is 2.28. The first-order valence-corrected chi connectivity index (χ1v) is 5.98. The molecule has 4 nitrogen and oxygen atoms in total. The summed E-state index contributed by atoms with van der Waals surface area (Å²) in [5, 5.41) is 3.29. The van der Waals surface area contributed by atoms with Crippen LogP contribution in [0.3, 0.4) is 0 Å². The normalized spacial score (nSPS) is 23.7. The molecule has 92 valence electrons. The Kier molecular flexibility index (Phi) is 3.64. The average molecular weight is 255 g/mol. The van der Waals surface area contributed by atoms with E-state index in [1.54, 1.807) is 6.20 Å². The first-order valence-electron chi connectivity index (χ1n) is 5.61. The van der Waals surface area contributed by atoms with Crippen LogP contribution in [0.15, 0.2) is 12.3 Å². The number of hydrogen-bond donors (Lipinski definition) is 1. The smallest absolute Gasteiger partial charge is 0.229 e. The molecule has 5 heteroatoms. The van der Waals surface area contributed by atoms with Gasteiger partial charge in [0, 0.05) is 0 Å². The van der Waals surface area contributed by atoms with E-state index in [1.807, 2.05) is 19.9 Å². The topological polar surface area (TPSA) is 51.2 Å². The maximum absolute atomic E-state index is 11.9. The Hall–Kier alpha value is -1.13. The lowest BCUT2D eigenvalue weighted by Gasteiger charge is -2.09. The predicted octanol–water partition coefficient (Wildman–Crippen LogP) is 2.41. The number of carbonyl (C=O) groups excluding carboxylic acids is 1. The monoisotopic (exact) mass is 254 g/mol. The first-order chi connectivity index (χ1) is 8.06. The molecule has 0 spiro atoms. The van der Waals surface area contributed by atoms with Gasteiger partial charge in [-0.05, 0) is 31.9 Å². The highest BCUT2D eigenvalue weighted by atomic mass is 35.5. The summed E-state index contributed by atoms with van der Waals surface area (Å²) >= 11 is 5.82. The number of pyridine rings is 1. The fraction of sp³-hybridized carbons (Fsp3) is 0.500. The van der Waals surface area contributed by atoms with Gasteiger partial charge in [-0.1, -0.05) is 11.6 Å². The quantitative estimate of drug-likeness (QED) is 0.825. The van der Waals surface area contributed by atoms with Crippen molar-refractivity contribution in [3.8, 4) is 0 Å². The fourth-order valence-corrected chi connectivity index (χ4v) is 1.97. The van der Waals surface area contributed by atoms with Crippen LogP contribution in [0.25, 0.3) is 0 Å². The molecule has 0 radical (unpaired) electrons. The van der Waals surface area contributed by atoms with E-state index in [1.165, 1.54) is 0 Å². The molecule has 1 aromatic heterocycles. The molecule has 17 heavy (non-hydrogen) atoms. The summed E-state index contributed by atoms with van der Waals surface area (Å²) in [5.41, 5.74) is 1.52. The molecule has 0 bridgehead atoms. The number of anilines is 1. The van der Waals surface area contributed by atoms with Gasteiger partial charge in [-0.15, -0.1) is 0 Å². The lowest BCUT2D eigenvalue weighted by Crippen LogP contribution is -2.23. The van der Waals surface area contributed by atoms with Crippen LogP contribution in [0.5, 0.6) is 0 Å². The fourth-order valence-electron chi connectivity index (χ4n) is 1.87. The standard InChI is InChI=1S/C12H15ClN2O2/c1-7-3-10(5-14-11(7)13)15-12(16)9-4-8(2)17-6-9/h3,5,8-9H,4,6H2,1-2H3,(H,15,16). The van der Waals surface area contributed by atoms with Crippen LogP contribution in [0.2, 0.25) is 5.15 Å². The number of nitrogens with zero attached hydrogens (tertiary/aromatic N) is 1. The third kappa shape index (κ3) is 2.96. The van der Waals surface area contributed by atoms with E-state index < -0.39 is 0 Å². The summed E-state index contributed by atoms with van der Waals surface area (Å²) in [6.07, 6.45) is 2.49. The van der Waals surface area contributed by atoms with Gasteiger partial charge in [0.15, 0.2) is 0 Å². The highest BCUT2D eigenvalue weighted by Crippen LogP contribution is 2.22. The maximum Gasteiger partial charge on any atom is 0.229 e. The van der Waals surface area contributed by atoms with Crippen LogP contribution >= 0.6 is 11.6 Å². The number of rotatable bonds is 2. The third-order valence-electron chi connectivity index (χ3n) is 2.85. The molecule has 0 aliphatic carbocycles. The van der Waals surface area contributed by atoms with E-state index in [0.29, 0.717) is 17.4 Å². The molecule has 1 aromatic rings. The van der Waals surface area contributed by atoms with E-state index in [9.17, 15) is 4.79 Å². The lowest BCUT2D eigenvalue weighted by molar-refractivity contribution is -0.119. The number of nitrogens with one attached hydrogen (secondary N) is 1. The molecule has 2 atom stereocenters. The van der Waals surface area contributed by atoms with Crippen molar-refractivity contribution in [1.29, 1.82) is 0 Å². The Morgan fingerprint density at radius 2 is 2.41 bits per heavy atom. The molecule has 1 aliphatic rings. The summed E-state index contributed by atoms with van der Waals surface area (Å²) < 4.78 is 5.37. The minimum absolute atomic E-state index is 0.0159. The van der Waals surface area contributed by atoms with E-state index in [0.717, 1.165) is 12.0 Å². The molecular weight excluding hydrogens is 240 g/mol. The molecular formula is C12H15ClN2O2. The number of carbonyl (C=O) groups is 1. The molecule has 1 aliphatic heterocycles. The second-order valence-electron chi connectivity index (χ2n) is 4.40. The van der Waals surface area contributed by atoms with Gasteiger partial charge in [0.2, 0.25) is 5.91 Å². The number of aryl methyl sites for hydroxylation is 1. The second-order valence-corrected chi connectivity index (χ2v) is 4.76. The maximum atomic E-state index is 11.9. The number of aromatic nitrogens is 1. The van der Waals surface area contributed by atoms with Gasteiger partial charge < -0.3 is 10.1 Å². The van der Waals surface area contributed by atoms with Crippen LogP contribution in [0.4, 0.5) is 5.69 Å². The zero-order valence-electron chi connectivity index (χ0n) is 9.87. The van der Waals surface area contributed by atoms with Crippen molar-refractivity contribution in [2.75, 3.05) is 11.9 Å². The van der Waals surface area contributed by atoms with Gasteiger partial charge in [-0.25, -0.2) is 4.98 Å². The molecule has 1 fully saturated rings. The van der Waals surface area contributed by atoms with Crippen molar-refractivity contribution < 1.29 is 9.53 Å². The van der Waals surface area contributed by atoms with Gasteiger partial charge in [-0.2, -0.15) is 0 Å². The Morgan fingerprint density at radius 3 is 3.00 bits per heavy atom. The summed E-state index contributed by atoms with van der Waals surface area (Å²) in [4.78, 5) is 15.9. The Labute approximate surface area is 105 Å². The van der Waals surface area contributed by atoms with Crippen LogP contribution in [-0.4, -0.2) is 23.6 Å². The van der Waals surface area contributed by atoms with Gasteiger partial charge in [0.1, 0.15) is 5.15 Å². The van der Waals surface area contributed by atoms with E-state index in [-0.39, 0.29) is 17.9 Å². The summed E-state index contributed by atoms with van der Waals surface area (Å²) in [7, 11) is 0. The molecule has 1 N–H and O–H groups in total. The van der Waals surface area contributed by atoms with Gasteiger partial charge in [0.05, 0.1) is 30.5 Å². The summed E-state index contributed by atoms with van der Waals surface area (Å²) in [6.45, 7) is 4.32. The molecule has 1 saturated heterocycles. The van der Waals surface area contributed by atoms with Crippen LogP contribution in [0.1, 0.15) is 18.9 Å². The Morgan fingerprint density at radius 1 is 1.65 bits per heavy atom. The van der Waals surface area contributed by atoms with Crippen molar-refractivity contribution in [2.45, 2.75) is 26.4 Å². The van der Waals surface area contributed by atoms with E-state index in [2.05, 4.69) is 10.3 Å². The molecule has 2 unspecified atom stereocenters. The number of hydrogen-bond acceptors (Lipinski definition) is 3. The van der Waals surface area contributed by atoms with Gasteiger partial charge in [-0.3, -0.25) is 4.79 Å². The number of ether oxygens (including phenoxy) is 1. The van der Waals surface area contributed by atoms with Crippen LogP contribution in [-0.2, 0) is 9.53 Å². The predicted molar refractivity (Wildman–Crippen MR) is 66.1 cm³/mol. The van der Waals surface area contributed by atoms with E-state index in [4.69, 9.17) is 16.3 Å². The number of amides is 1. The van der Waals surface area contributed by atoms with Gasteiger partial charge >= 0.3 is 0 Å². The lowest BCUT2D eigenvalue weighted by atomic mass is 10.1. The molecule has 0 saturated carbocycles. The Bertz CT molecular complexity index is 437. The SMILES string of the molecule is Cc1cc(NC(=O)C2COC(C)C2)cnc1Cl.